The summed E-state index contributed by atoms with van der Waals surface area (Å²) in [5, 5.41) is 9.45. The molecule has 4 heteroatoms. The molecule has 0 spiro atoms. The van der Waals surface area contributed by atoms with E-state index in [9.17, 15) is 0 Å². The second kappa shape index (κ2) is 6.08. The molecule has 1 atom stereocenters. The summed E-state index contributed by atoms with van der Waals surface area (Å²) >= 11 is 6.20. The van der Waals surface area contributed by atoms with Crippen molar-refractivity contribution in [2.24, 2.45) is 5.92 Å². The molecular weight excluding hydrogens is 248 g/mol. The highest BCUT2D eigenvalue weighted by Gasteiger charge is 2.17. The Balaban J connectivity index is 2.04. The maximum absolute atomic E-state index is 8.81. The molecule has 0 radical (unpaired) electrons. The number of benzene rings is 1. The van der Waals surface area contributed by atoms with E-state index in [1.165, 1.54) is 6.42 Å². The molecule has 1 fully saturated rings. The molecule has 18 heavy (non-hydrogen) atoms. The van der Waals surface area contributed by atoms with Crippen molar-refractivity contribution in [2.45, 2.75) is 12.8 Å². The third kappa shape index (κ3) is 3.16. The average Bonchev–Trinajstić information content (AvgIpc) is 2.39. The van der Waals surface area contributed by atoms with E-state index in [-0.39, 0.29) is 0 Å². The summed E-state index contributed by atoms with van der Waals surface area (Å²) in [6.07, 6.45) is 2.35. The van der Waals surface area contributed by atoms with E-state index in [2.05, 4.69) is 11.0 Å². The molecule has 3 nitrogen and oxygen atoms in total. The number of anilines is 1. The van der Waals surface area contributed by atoms with Gasteiger partial charge in [-0.1, -0.05) is 11.6 Å². The molecule has 0 aromatic heterocycles. The highest BCUT2D eigenvalue weighted by atomic mass is 35.5. The summed E-state index contributed by atoms with van der Waals surface area (Å²) in [4.78, 5) is 2.14. The molecule has 1 aliphatic rings. The van der Waals surface area contributed by atoms with Gasteiger partial charge in [0.2, 0.25) is 0 Å². The standard InChI is InChI=1S/C14H17ClN2O/c1-17(9-12-3-2-6-18-10-12)14-5-4-11(8-16)7-13(14)15/h4-5,7,12H,2-3,6,9-10H2,1H3. The first-order valence-electron chi connectivity index (χ1n) is 6.19. The van der Waals surface area contributed by atoms with Gasteiger partial charge in [0, 0.05) is 20.2 Å². The largest absolute Gasteiger partial charge is 0.381 e. The minimum atomic E-state index is 0.565. The lowest BCUT2D eigenvalue weighted by Crippen LogP contribution is -2.30. The molecule has 0 bridgehead atoms. The van der Waals surface area contributed by atoms with Crippen LogP contribution in [0.25, 0.3) is 0 Å². The lowest BCUT2D eigenvalue weighted by atomic mass is 10.0. The molecule has 1 aliphatic heterocycles. The van der Waals surface area contributed by atoms with E-state index in [0.717, 1.165) is 31.9 Å². The molecule has 0 N–H and O–H groups in total. The van der Waals surface area contributed by atoms with E-state index in [1.54, 1.807) is 12.1 Å². The molecule has 0 amide bonds. The van der Waals surface area contributed by atoms with Gasteiger partial charge >= 0.3 is 0 Å². The molecule has 1 unspecified atom stereocenters. The van der Waals surface area contributed by atoms with Crippen LogP contribution in [-0.4, -0.2) is 26.8 Å². The highest BCUT2D eigenvalue weighted by molar-refractivity contribution is 6.33. The summed E-state index contributed by atoms with van der Waals surface area (Å²) in [7, 11) is 2.03. The number of rotatable bonds is 3. The van der Waals surface area contributed by atoms with Crippen molar-refractivity contribution in [1.29, 1.82) is 5.26 Å². The lowest BCUT2D eigenvalue weighted by Gasteiger charge is -2.28. The predicted molar refractivity (Wildman–Crippen MR) is 73.0 cm³/mol. The van der Waals surface area contributed by atoms with Crippen LogP contribution < -0.4 is 4.90 Å². The average molecular weight is 265 g/mol. The maximum Gasteiger partial charge on any atom is 0.0992 e. The Hall–Kier alpha value is -1.24. The predicted octanol–water partition coefficient (Wildman–Crippen LogP) is 3.07. The summed E-state index contributed by atoms with van der Waals surface area (Å²) < 4.78 is 5.48. The van der Waals surface area contributed by atoms with Crippen LogP contribution in [0.5, 0.6) is 0 Å². The van der Waals surface area contributed by atoms with Gasteiger partial charge in [0.05, 0.1) is 28.9 Å². The van der Waals surface area contributed by atoms with Crippen molar-refractivity contribution < 1.29 is 4.74 Å². The summed E-state index contributed by atoms with van der Waals surface area (Å²) in [5.74, 6) is 0.565. The van der Waals surface area contributed by atoms with Gasteiger partial charge in [-0.2, -0.15) is 5.26 Å². The second-order valence-corrected chi connectivity index (χ2v) is 5.15. The van der Waals surface area contributed by atoms with Crippen molar-refractivity contribution in [1.82, 2.24) is 0 Å². The monoisotopic (exact) mass is 264 g/mol. The van der Waals surface area contributed by atoms with Gasteiger partial charge in [0.15, 0.2) is 0 Å². The number of hydrogen-bond acceptors (Lipinski definition) is 3. The van der Waals surface area contributed by atoms with Crippen LogP contribution in [0.15, 0.2) is 18.2 Å². The topological polar surface area (TPSA) is 36.3 Å². The summed E-state index contributed by atoms with van der Waals surface area (Å²) in [5.41, 5.74) is 1.57. The van der Waals surface area contributed by atoms with E-state index in [4.69, 9.17) is 21.6 Å². The normalized spacial score (nSPS) is 19.3. The molecule has 0 aliphatic carbocycles. The first kappa shape index (κ1) is 13.2. The Labute approximate surface area is 113 Å². The lowest BCUT2D eigenvalue weighted by molar-refractivity contribution is 0.0576. The number of halogens is 1. The van der Waals surface area contributed by atoms with Crippen molar-refractivity contribution in [3.8, 4) is 6.07 Å². The Morgan fingerprint density at radius 1 is 1.56 bits per heavy atom. The maximum atomic E-state index is 8.81. The molecule has 0 saturated carbocycles. The van der Waals surface area contributed by atoms with Gasteiger partial charge in [-0.15, -0.1) is 0 Å². The highest BCUT2D eigenvalue weighted by Crippen LogP contribution is 2.27. The van der Waals surface area contributed by atoms with Gasteiger partial charge in [-0.25, -0.2) is 0 Å². The van der Waals surface area contributed by atoms with Crippen LogP contribution in [0, 0.1) is 17.2 Å². The van der Waals surface area contributed by atoms with Crippen LogP contribution in [0.3, 0.4) is 0 Å². The van der Waals surface area contributed by atoms with Crippen LogP contribution >= 0.6 is 11.6 Å². The number of nitriles is 1. The molecule has 1 saturated heterocycles. The molecule has 1 heterocycles. The molecule has 1 aromatic rings. The summed E-state index contributed by atoms with van der Waals surface area (Å²) in [6.45, 7) is 2.65. The van der Waals surface area contributed by atoms with Gasteiger partial charge in [0.1, 0.15) is 0 Å². The van der Waals surface area contributed by atoms with Crippen LogP contribution in [-0.2, 0) is 4.74 Å². The van der Waals surface area contributed by atoms with Gasteiger partial charge in [0.25, 0.3) is 0 Å². The number of nitrogens with zero attached hydrogens (tertiary/aromatic N) is 2. The molecule has 1 aromatic carbocycles. The first-order chi connectivity index (χ1) is 8.70. The van der Waals surface area contributed by atoms with E-state index >= 15 is 0 Å². The van der Waals surface area contributed by atoms with Crippen LogP contribution in [0.4, 0.5) is 5.69 Å². The fourth-order valence-corrected chi connectivity index (χ4v) is 2.65. The number of ether oxygens (including phenoxy) is 1. The van der Waals surface area contributed by atoms with Gasteiger partial charge in [-0.3, -0.25) is 0 Å². The molecular formula is C14H17ClN2O. The van der Waals surface area contributed by atoms with Gasteiger partial charge < -0.3 is 9.64 Å². The third-order valence-electron chi connectivity index (χ3n) is 3.27. The van der Waals surface area contributed by atoms with Crippen LogP contribution in [0.2, 0.25) is 5.02 Å². The Morgan fingerprint density at radius 2 is 2.39 bits per heavy atom. The van der Waals surface area contributed by atoms with Crippen molar-refractivity contribution in [2.75, 3.05) is 31.7 Å². The smallest absolute Gasteiger partial charge is 0.0992 e. The first-order valence-corrected chi connectivity index (χ1v) is 6.57. The van der Waals surface area contributed by atoms with Crippen molar-refractivity contribution >= 4 is 17.3 Å². The molecule has 96 valence electrons. The summed E-state index contributed by atoms with van der Waals surface area (Å²) in [6, 6.07) is 7.51. The Bertz CT molecular complexity index is 450. The second-order valence-electron chi connectivity index (χ2n) is 4.74. The Kier molecular flexibility index (Phi) is 4.46. The zero-order valence-electron chi connectivity index (χ0n) is 10.5. The van der Waals surface area contributed by atoms with Crippen molar-refractivity contribution in [3.63, 3.8) is 0 Å². The van der Waals surface area contributed by atoms with Gasteiger partial charge in [-0.05, 0) is 37.0 Å². The fraction of sp³-hybridized carbons (Fsp3) is 0.500. The van der Waals surface area contributed by atoms with E-state index in [0.29, 0.717) is 16.5 Å². The third-order valence-corrected chi connectivity index (χ3v) is 3.58. The Morgan fingerprint density at radius 3 is 3.00 bits per heavy atom. The fourth-order valence-electron chi connectivity index (χ4n) is 2.32. The molecule has 2 rings (SSSR count). The SMILES string of the molecule is CN(CC1CCCOC1)c1ccc(C#N)cc1Cl. The minimum Gasteiger partial charge on any atom is -0.381 e. The van der Waals surface area contributed by atoms with Crippen LogP contribution in [0.1, 0.15) is 18.4 Å². The van der Waals surface area contributed by atoms with Crippen molar-refractivity contribution in [3.05, 3.63) is 28.8 Å². The minimum absolute atomic E-state index is 0.565. The van der Waals surface area contributed by atoms with E-state index < -0.39 is 0 Å². The quantitative estimate of drug-likeness (QED) is 0.842. The zero-order chi connectivity index (χ0) is 13.0. The zero-order valence-corrected chi connectivity index (χ0v) is 11.3. The number of hydrogen-bond donors (Lipinski definition) is 0. The van der Waals surface area contributed by atoms with E-state index in [1.807, 2.05) is 13.1 Å².